The second-order valence-corrected chi connectivity index (χ2v) is 5.18. The molecule has 0 saturated heterocycles. The highest BCUT2D eigenvalue weighted by Gasteiger charge is 2.71. The van der Waals surface area contributed by atoms with Crippen LogP contribution in [0, 0.1) is 5.92 Å². The number of benzene rings is 1. The molecular formula is C15H14F3NO5. The fraction of sp³-hybridized carbons (Fsp3) is 0.400. The topological polar surface area (TPSA) is 72.9 Å². The molecule has 0 radical (unpaired) electrons. The summed E-state index contributed by atoms with van der Waals surface area (Å²) in [5, 5.41) is 0. The monoisotopic (exact) mass is 345 g/mol. The molecule has 1 aliphatic heterocycles. The van der Waals surface area contributed by atoms with E-state index in [0.29, 0.717) is 0 Å². The number of nitrogens with zero attached hydrogens (tertiary/aromatic N) is 1. The molecule has 0 fully saturated rings. The largest absolute Gasteiger partial charge is 0.468 e. The summed E-state index contributed by atoms with van der Waals surface area (Å²) in [5.74, 6) is -7.42. The predicted molar refractivity (Wildman–Crippen MR) is 75.1 cm³/mol. The highest BCUT2D eigenvalue weighted by molar-refractivity contribution is 6.16. The van der Waals surface area contributed by atoms with Crippen LogP contribution < -0.4 is 4.90 Å². The lowest BCUT2D eigenvalue weighted by molar-refractivity contribution is -0.211. The van der Waals surface area contributed by atoms with Gasteiger partial charge in [-0.3, -0.25) is 14.4 Å². The summed E-state index contributed by atoms with van der Waals surface area (Å²) >= 11 is 0. The smallest absolute Gasteiger partial charge is 0.402 e. The van der Waals surface area contributed by atoms with Crippen molar-refractivity contribution in [3.05, 3.63) is 29.8 Å². The SMILES string of the molecule is COC(=O)C1(C(=O)OC)c2ccccc2N(C)C(=O)C1C(F)(F)F. The summed E-state index contributed by atoms with van der Waals surface area (Å²) in [7, 11) is 2.82. The van der Waals surface area contributed by atoms with E-state index in [-0.39, 0.29) is 11.3 Å². The number of halogens is 3. The Labute approximate surface area is 135 Å². The summed E-state index contributed by atoms with van der Waals surface area (Å²) in [4.78, 5) is 37.9. The summed E-state index contributed by atoms with van der Waals surface area (Å²) in [6.45, 7) is 0. The number of ether oxygens (including phenoxy) is 2. The van der Waals surface area contributed by atoms with Crippen molar-refractivity contribution in [3.8, 4) is 0 Å². The molecule has 0 aromatic heterocycles. The second-order valence-electron chi connectivity index (χ2n) is 5.18. The fourth-order valence-corrected chi connectivity index (χ4v) is 3.00. The van der Waals surface area contributed by atoms with Crippen LogP contribution in [0.25, 0.3) is 0 Å². The first-order chi connectivity index (χ1) is 11.1. The van der Waals surface area contributed by atoms with Gasteiger partial charge in [0.2, 0.25) is 11.3 Å². The van der Waals surface area contributed by atoms with Crippen LogP contribution in [0.5, 0.6) is 0 Å². The molecule has 1 heterocycles. The van der Waals surface area contributed by atoms with Gasteiger partial charge in [-0.05, 0) is 6.07 Å². The van der Waals surface area contributed by atoms with Crippen LogP contribution in [0.1, 0.15) is 5.56 Å². The van der Waals surface area contributed by atoms with Crippen LogP contribution in [0.4, 0.5) is 18.9 Å². The summed E-state index contributed by atoms with van der Waals surface area (Å²) in [5.41, 5.74) is -3.26. The van der Waals surface area contributed by atoms with Gasteiger partial charge in [0.15, 0.2) is 5.92 Å². The quantitative estimate of drug-likeness (QED) is 0.599. The van der Waals surface area contributed by atoms with Crippen LogP contribution >= 0.6 is 0 Å². The first kappa shape index (κ1) is 17.8. The number of amides is 1. The van der Waals surface area contributed by atoms with E-state index in [1.165, 1.54) is 24.3 Å². The maximum Gasteiger partial charge on any atom is 0.402 e. The number of fused-ring (bicyclic) bond motifs is 1. The average Bonchev–Trinajstić information content (AvgIpc) is 2.55. The molecule has 0 saturated carbocycles. The van der Waals surface area contributed by atoms with Crippen molar-refractivity contribution in [3.63, 3.8) is 0 Å². The van der Waals surface area contributed by atoms with Crippen LogP contribution in [-0.2, 0) is 29.3 Å². The van der Waals surface area contributed by atoms with Gasteiger partial charge < -0.3 is 14.4 Å². The van der Waals surface area contributed by atoms with Crippen LogP contribution in [0.15, 0.2) is 24.3 Å². The number of alkyl halides is 3. The third-order valence-corrected chi connectivity index (χ3v) is 4.04. The van der Waals surface area contributed by atoms with Gasteiger partial charge in [0.1, 0.15) is 0 Å². The van der Waals surface area contributed by atoms with Crippen molar-refractivity contribution in [1.29, 1.82) is 0 Å². The van der Waals surface area contributed by atoms with E-state index >= 15 is 0 Å². The van der Waals surface area contributed by atoms with E-state index in [1.54, 1.807) is 0 Å². The minimum atomic E-state index is -5.18. The zero-order valence-electron chi connectivity index (χ0n) is 13.0. The van der Waals surface area contributed by atoms with E-state index in [9.17, 15) is 27.6 Å². The van der Waals surface area contributed by atoms with Crippen molar-refractivity contribution in [1.82, 2.24) is 0 Å². The highest BCUT2D eigenvalue weighted by atomic mass is 19.4. The molecule has 1 aromatic carbocycles. The number of para-hydroxylation sites is 1. The zero-order valence-corrected chi connectivity index (χ0v) is 13.0. The molecule has 0 spiro atoms. The minimum Gasteiger partial charge on any atom is -0.468 e. The standard InChI is InChI=1S/C15H14F3NO5/c1-19-9-7-5-4-6-8(9)14(12(21)23-2,13(22)24-3)10(11(19)20)15(16,17)18/h4-7,10H,1-3H3. The summed E-state index contributed by atoms with van der Waals surface area (Å²) in [6, 6.07) is 5.33. The normalized spacial score (nSPS) is 19.5. The van der Waals surface area contributed by atoms with Crippen molar-refractivity contribution >= 4 is 23.5 Å². The predicted octanol–water partition coefficient (Wildman–Crippen LogP) is 1.43. The Balaban J connectivity index is 2.97. The number of hydrogen-bond donors (Lipinski definition) is 0. The lowest BCUT2D eigenvalue weighted by Gasteiger charge is -2.43. The molecule has 1 aromatic rings. The Hall–Kier alpha value is -2.58. The number of carbonyl (C=O) groups excluding carboxylic acids is 3. The first-order valence-electron chi connectivity index (χ1n) is 6.74. The first-order valence-corrected chi connectivity index (χ1v) is 6.74. The summed E-state index contributed by atoms with van der Waals surface area (Å²) < 4.78 is 50.0. The van der Waals surface area contributed by atoms with Crippen LogP contribution in [0.2, 0.25) is 0 Å². The number of methoxy groups -OCH3 is 2. The van der Waals surface area contributed by atoms with Gasteiger partial charge in [-0.25, -0.2) is 0 Å². The molecule has 0 N–H and O–H groups in total. The maximum atomic E-state index is 13.7. The second kappa shape index (κ2) is 5.81. The summed E-state index contributed by atoms with van der Waals surface area (Å²) in [6.07, 6.45) is -5.18. The molecule has 9 heteroatoms. The van der Waals surface area contributed by atoms with Crippen molar-refractivity contribution in [2.45, 2.75) is 11.6 Å². The van der Waals surface area contributed by atoms with Gasteiger partial charge in [-0.1, -0.05) is 18.2 Å². The Kier molecular flexibility index (Phi) is 4.30. The van der Waals surface area contributed by atoms with Crippen molar-refractivity contribution in [2.24, 2.45) is 5.92 Å². The van der Waals surface area contributed by atoms with E-state index in [4.69, 9.17) is 0 Å². The molecule has 1 atom stereocenters. The number of hydrogen-bond acceptors (Lipinski definition) is 5. The molecule has 1 amide bonds. The molecule has 1 aliphatic rings. The van der Waals surface area contributed by atoms with E-state index in [1.807, 2.05) is 0 Å². The molecule has 0 bridgehead atoms. The maximum absolute atomic E-state index is 13.7. The number of esters is 2. The molecule has 0 aliphatic carbocycles. The zero-order chi connectivity index (χ0) is 18.3. The van der Waals surface area contributed by atoms with E-state index < -0.39 is 35.4 Å². The molecule has 2 rings (SSSR count). The van der Waals surface area contributed by atoms with Gasteiger partial charge >= 0.3 is 18.1 Å². The Morgan fingerprint density at radius 2 is 1.62 bits per heavy atom. The highest BCUT2D eigenvalue weighted by Crippen LogP contribution is 2.51. The molecule has 1 unspecified atom stereocenters. The Morgan fingerprint density at radius 1 is 1.12 bits per heavy atom. The lowest BCUT2D eigenvalue weighted by Crippen LogP contribution is -2.64. The van der Waals surface area contributed by atoms with Gasteiger partial charge in [-0.15, -0.1) is 0 Å². The van der Waals surface area contributed by atoms with E-state index in [2.05, 4.69) is 9.47 Å². The van der Waals surface area contributed by atoms with Crippen LogP contribution in [0.3, 0.4) is 0 Å². The number of rotatable bonds is 2. The third-order valence-electron chi connectivity index (χ3n) is 4.04. The number of anilines is 1. The van der Waals surface area contributed by atoms with Gasteiger partial charge in [0.05, 0.1) is 14.2 Å². The van der Waals surface area contributed by atoms with Gasteiger partial charge in [0, 0.05) is 18.3 Å². The average molecular weight is 345 g/mol. The molecule has 6 nitrogen and oxygen atoms in total. The lowest BCUT2D eigenvalue weighted by atomic mass is 9.66. The van der Waals surface area contributed by atoms with Gasteiger partial charge in [-0.2, -0.15) is 13.2 Å². The van der Waals surface area contributed by atoms with Crippen molar-refractivity contribution in [2.75, 3.05) is 26.2 Å². The minimum absolute atomic E-state index is 0.00111. The van der Waals surface area contributed by atoms with Crippen LogP contribution in [-0.4, -0.2) is 45.3 Å². The number of carbonyl (C=O) groups is 3. The fourth-order valence-electron chi connectivity index (χ4n) is 3.00. The van der Waals surface area contributed by atoms with Crippen molar-refractivity contribution < 1.29 is 37.0 Å². The molecular weight excluding hydrogens is 331 g/mol. The third kappa shape index (κ3) is 2.22. The molecule has 24 heavy (non-hydrogen) atoms. The van der Waals surface area contributed by atoms with E-state index in [0.717, 1.165) is 26.2 Å². The Bertz CT molecular complexity index is 685. The van der Waals surface area contributed by atoms with Gasteiger partial charge in [0.25, 0.3) is 0 Å². The Morgan fingerprint density at radius 3 is 2.08 bits per heavy atom. The molecule has 130 valence electrons.